The Morgan fingerprint density at radius 3 is 2.17 bits per heavy atom. The van der Waals surface area contributed by atoms with Gasteiger partial charge in [-0.15, -0.1) is 0 Å². The van der Waals surface area contributed by atoms with E-state index >= 15 is 0 Å². The van der Waals surface area contributed by atoms with Gasteiger partial charge in [0, 0.05) is 26.2 Å². The van der Waals surface area contributed by atoms with Gasteiger partial charge in [0.05, 0.1) is 19.8 Å². The highest BCUT2D eigenvalue weighted by atomic mass is 16.5. The molecule has 0 aromatic rings. The molecule has 24 heavy (non-hydrogen) atoms. The van der Waals surface area contributed by atoms with Crippen LogP contribution in [-0.4, -0.2) is 50.6 Å². The number of hydrogen-bond donors (Lipinski definition) is 2. The predicted molar refractivity (Wildman–Crippen MR) is 98.1 cm³/mol. The van der Waals surface area contributed by atoms with Crippen molar-refractivity contribution in [1.29, 1.82) is 0 Å². The summed E-state index contributed by atoms with van der Waals surface area (Å²) in [5, 5.41) is 11.6. The molecule has 0 fully saturated rings. The zero-order valence-corrected chi connectivity index (χ0v) is 15.9. The Morgan fingerprint density at radius 1 is 0.875 bits per heavy atom. The van der Waals surface area contributed by atoms with Crippen molar-refractivity contribution in [2.75, 3.05) is 39.6 Å². The highest BCUT2D eigenvalue weighted by Gasteiger charge is 2.00. The van der Waals surface area contributed by atoms with Gasteiger partial charge in [0.1, 0.15) is 0 Å². The first kappa shape index (κ1) is 23.4. The van der Waals surface area contributed by atoms with Crippen molar-refractivity contribution in [2.24, 2.45) is 5.92 Å². The maximum Gasteiger partial charge on any atom is 0.220 e. The minimum Gasteiger partial charge on any atom is -0.396 e. The van der Waals surface area contributed by atoms with Crippen LogP contribution in [-0.2, 0) is 14.3 Å². The fraction of sp³-hybridized carbons (Fsp3) is 0.947. The molecule has 0 bridgehead atoms. The number of unbranched alkanes of at least 4 members (excludes halogenated alkanes) is 5. The lowest BCUT2D eigenvalue weighted by Crippen LogP contribution is -2.27. The number of carbonyl (C=O) groups excluding carboxylic acids is 1. The maximum atomic E-state index is 11.6. The summed E-state index contributed by atoms with van der Waals surface area (Å²) in [4.78, 5) is 11.6. The number of carbonyl (C=O) groups is 1. The second-order valence-electron chi connectivity index (χ2n) is 6.71. The first-order valence-electron chi connectivity index (χ1n) is 9.70. The lowest BCUT2D eigenvalue weighted by Gasteiger charge is -2.08. The smallest absolute Gasteiger partial charge is 0.220 e. The first-order chi connectivity index (χ1) is 11.7. The summed E-state index contributed by atoms with van der Waals surface area (Å²) in [5.41, 5.74) is 0. The van der Waals surface area contributed by atoms with E-state index in [2.05, 4.69) is 19.2 Å². The Morgan fingerprint density at radius 2 is 1.50 bits per heavy atom. The van der Waals surface area contributed by atoms with Crippen LogP contribution in [0.25, 0.3) is 0 Å². The van der Waals surface area contributed by atoms with Crippen molar-refractivity contribution < 1.29 is 19.4 Å². The number of nitrogens with one attached hydrogen (secondary N) is 1. The third-order valence-electron chi connectivity index (χ3n) is 3.82. The average Bonchev–Trinajstić information content (AvgIpc) is 2.55. The molecule has 0 aliphatic rings. The second kappa shape index (κ2) is 18.7. The molecule has 0 spiro atoms. The van der Waals surface area contributed by atoms with Crippen LogP contribution in [0.15, 0.2) is 0 Å². The van der Waals surface area contributed by atoms with Gasteiger partial charge in [-0.3, -0.25) is 4.79 Å². The van der Waals surface area contributed by atoms with Crippen molar-refractivity contribution in [3.63, 3.8) is 0 Å². The first-order valence-corrected chi connectivity index (χ1v) is 9.70. The summed E-state index contributed by atoms with van der Waals surface area (Å²) in [6.45, 7) is 7.86. The van der Waals surface area contributed by atoms with Gasteiger partial charge in [-0.2, -0.15) is 0 Å². The van der Waals surface area contributed by atoms with E-state index in [0.29, 0.717) is 32.8 Å². The predicted octanol–water partition coefficient (Wildman–Crippen LogP) is 3.30. The zero-order valence-electron chi connectivity index (χ0n) is 15.9. The summed E-state index contributed by atoms with van der Waals surface area (Å²) < 4.78 is 10.9. The molecule has 0 radical (unpaired) electrons. The molecule has 0 aliphatic carbocycles. The molecular weight excluding hydrogens is 306 g/mol. The SMILES string of the molecule is CC(C)CCCOCCOCCNC(=O)CCCCCCCCO. The molecule has 0 saturated carbocycles. The van der Waals surface area contributed by atoms with E-state index in [1.165, 1.54) is 6.42 Å². The van der Waals surface area contributed by atoms with E-state index in [1.807, 2.05) is 0 Å². The summed E-state index contributed by atoms with van der Waals surface area (Å²) >= 11 is 0. The molecule has 0 heterocycles. The van der Waals surface area contributed by atoms with Crippen LogP contribution in [0.4, 0.5) is 0 Å². The Hall–Kier alpha value is -0.650. The topological polar surface area (TPSA) is 67.8 Å². The minimum absolute atomic E-state index is 0.110. The summed E-state index contributed by atoms with van der Waals surface area (Å²) in [6.07, 6.45) is 9.21. The van der Waals surface area contributed by atoms with E-state index in [9.17, 15) is 4.79 Å². The molecule has 0 aliphatic heterocycles. The van der Waals surface area contributed by atoms with Gasteiger partial charge in [0.25, 0.3) is 0 Å². The molecule has 0 aromatic carbocycles. The van der Waals surface area contributed by atoms with Crippen LogP contribution in [0, 0.1) is 5.92 Å². The van der Waals surface area contributed by atoms with E-state index in [-0.39, 0.29) is 12.5 Å². The number of ether oxygens (including phenoxy) is 2. The van der Waals surface area contributed by atoms with Crippen molar-refractivity contribution >= 4 is 5.91 Å². The van der Waals surface area contributed by atoms with E-state index < -0.39 is 0 Å². The fourth-order valence-electron chi connectivity index (χ4n) is 2.37. The molecule has 0 atom stereocenters. The molecule has 2 N–H and O–H groups in total. The van der Waals surface area contributed by atoms with Crippen LogP contribution in [0.1, 0.15) is 71.6 Å². The van der Waals surface area contributed by atoms with Gasteiger partial charge >= 0.3 is 0 Å². The second-order valence-corrected chi connectivity index (χ2v) is 6.71. The van der Waals surface area contributed by atoms with E-state index in [1.54, 1.807) is 0 Å². The molecule has 5 nitrogen and oxygen atoms in total. The van der Waals surface area contributed by atoms with Crippen molar-refractivity contribution in [3.05, 3.63) is 0 Å². The Bertz CT molecular complexity index is 272. The fourth-order valence-corrected chi connectivity index (χ4v) is 2.37. The van der Waals surface area contributed by atoms with Gasteiger partial charge < -0.3 is 19.9 Å². The standard InChI is InChI=1S/C19H39NO4/c1-18(2)10-9-14-23-16-17-24-15-12-20-19(22)11-7-5-3-4-6-8-13-21/h18,21H,3-17H2,1-2H3,(H,20,22). The van der Waals surface area contributed by atoms with Gasteiger partial charge in [0.15, 0.2) is 0 Å². The molecule has 0 saturated heterocycles. The highest BCUT2D eigenvalue weighted by molar-refractivity contribution is 5.75. The number of aliphatic hydroxyl groups is 1. The lowest BCUT2D eigenvalue weighted by atomic mass is 10.1. The monoisotopic (exact) mass is 345 g/mol. The Kier molecular flexibility index (Phi) is 18.2. The van der Waals surface area contributed by atoms with Crippen molar-refractivity contribution in [1.82, 2.24) is 5.32 Å². The van der Waals surface area contributed by atoms with E-state index in [0.717, 1.165) is 57.5 Å². The Balaban J connectivity index is 3.15. The third-order valence-corrected chi connectivity index (χ3v) is 3.82. The molecule has 0 unspecified atom stereocenters. The summed E-state index contributed by atoms with van der Waals surface area (Å²) in [6, 6.07) is 0. The normalized spacial score (nSPS) is 11.2. The number of amides is 1. The maximum absolute atomic E-state index is 11.6. The Labute approximate surface area is 148 Å². The number of hydrogen-bond acceptors (Lipinski definition) is 4. The van der Waals surface area contributed by atoms with E-state index in [4.69, 9.17) is 14.6 Å². The van der Waals surface area contributed by atoms with Gasteiger partial charge in [-0.1, -0.05) is 39.5 Å². The van der Waals surface area contributed by atoms with Crippen LogP contribution in [0.5, 0.6) is 0 Å². The molecule has 0 aromatic heterocycles. The molecule has 0 rings (SSSR count). The lowest BCUT2D eigenvalue weighted by molar-refractivity contribution is -0.121. The minimum atomic E-state index is 0.110. The van der Waals surface area contributed by atoms with Gasteiger partial charge in [-0.05, 0) is 31.6 Å². The van der Waals surface area contributed by atoms with Crippen molar-refractivity contribution in [2.45, 2.75) is 71.6 Å². The van der Waals surface area contributed by atoms with Crippen LogP contribution >= 0.6 is 0 Å². The molecule has 1 amide bonds. The zero-order chi connectivity index (χ0) is 17.9. The van der Waals surface area contributed by atoms with Crippen molar-refractivity contribution in [3.8, 4) is 0 Å². The highest BCUT2D eigenvalue weighted by Crippen LogP contribution is 2.06. The molecule has 5 heteroatoms. The molecule has 144 valence electrons. The number of aliphatic hydroxyl groups excluding tert-OH is 1. The number of rotatable bonds is 18. The van der Waals surface area contributed by atoms with Crippen LogP contribution in [0.3, 0.4) is 0 Å². The van der Waals surface area contributed by atoms with Gasteiger partial charge in [-0.25, -0.2) is 0 Å². The molecular formula is C19H39NO4. The quantitative estimate of drug-likeness (QED) is 0.374. The third kappa shape index (κ3) is 19.4. The summed E-state index contributed by atoms with van der Waals surface area (Å²) in [5.74, 6) is 0.846. The summed E-state index contributed by atoms with van der Waals surface area (Å²) in [7, 11) is 0. The van der Waals surface area contributed by atoms with Crippen LogP contribution in [0.2, 0.25) is 0 Å². The average molecular weight is 346 g/mol. The largest absolute Gasteiger partial charge is 0.396 e. The van der Waals surface area contributed by atoms with Crippen LogP contribution < -0.4 is 5.32 Å². The van der Waals surface area contributed by atoms with Gasteiger partial charge in [0.2, 0.25) is 5.91 Å².